The Bertz CT molecular complexity index is 1010. The zero-order valence-electron chi connectivity index (χ0n) is 13.3. The fourth-order valence-corrected chi connectivity index (χ4v) is 3.14. The molecule has 0 saturated heterocycles. The lowest BCUT2D eigenvalue weighted by atomic mass is 9.99. The SMILES string of the molecule is NOCc1nnc2n1-c1ccc(Cl)cc1C(c1c(F)cccc1F)=NC2. The molecule has 0 atom stereocenters. The Kier molecular flexibility index (Phi) is 4.23. The van der Waals surface area contributed by atoms with Crippen molar-refractivity contribution in [1.29, 1.82) is 0 Å². The molecule has 2 heterocycles. The number of hydrogen-bond donors (Lipinski definition) is 1. The highest BCUT2D eigenvalue weighted by atomic mass is 35.5. The number of benzene rings is 2. The average molecular weight is 376 g/mol. The van der Waals surface area contributed by atoms with Gasteiger partial charge in [0.05, 0.1) is 17.0 Å². The number of halogens is 3. The van der Waals surface area contributed by atoms with E-state index in [2.05, 4.69) is 20.0 Å². The molecule has 0 amide bonds. The van der Waals surface area contributed by atoms with Gasteiger partial charge in [0.25, 0.3) is 0 Å². The Morgan fingerprint density at radius 3 is 2.65 bits per heavy atom. The zero-order chi connectivity index (χ0) is 18.3. The molecule has 2 aromatic carbocycles. The van der Waals surface area contributed by atoms with E-state index in [0.717, 1.165) is 0 Å². The third kappa shape index (κ3) is 2.68. The smallest absolute Gasteiger partial charge is 0.165 e. The lowest BCUT2D eigenvalue weighted by Crippen LogP contribution is -2.13. The van der Waals surface area contributed by atoms with Crippen molar-refractivity contribution in [1.82, 2.24) is 14.8 Å². The Hall–Kier alpha value is -2.68. The molecule has 3 aromatic rings. The van der Waals surface area contributed by atoms with Crippen LogP contribution in [0.5, 0.6) is 0 Å². The predicted molar refractivity (Wildman–Crippen MR) is 91.0 cm³/mol. The average Bonchev–Trinajstić information content (AvgIpc) is 2.93. The summed E-state index contributed by atoms with van der Waals surface area (Å²) < 4.78 is 30.5. The van der Waals surface area contributed by atoms with Crippen LogP contribution in [0.4, 0.5) is 8.78 Å². The van der Waals surface area contributed by atoms with Crippen molar-refractivity contribution in [3.05, 3.63) is 75.8 Å². The second kappa shape index (κ2) is 6.56. The van der Waals surface area contributed by atoms with Gasteiger partial charge in [-0.2, -0.15) is 0 Å². The van der Waals surface area contributed by atoms with Crippen LogP contribution in [-0.4, -0.2) is 20.5 Å². The molecule has 0 spiro atoms. The Labute approximate surface area is 151 Å². The van der Waals surface area contributed by atoms with E-state index in [0.29, 0.717) is 27.9 Å². The third-order valence-electron chi connectivity index (χ3n) is 4.04. The van der Waals surface area contributed by atoms with Gasteiger partial charge in [-0.25, -0.2) is 14.7 Å². The topological polar surface area (TPSA) is 78.3 Å². The van der Waals surface area contributed by atoms with Crippen molar-refractivity contribution >= 4 is 17.3 Å². The quantitative estimate of drug-likeness (QED) is 0.714. The summed E-state index contributed by atoms with van der Waals surface area (Å²) in [5.74, 6) is 4.68. The van der Waals surface area contributed by atoms with E-state index in [1.165, 1.54) is 18.2 Å². The van der Waals surface area contributed by atoms with E-state index < -0.39 is 11.6 Å². The molecule has 0 bridgehead atoms. The number of hydrogen-bond acceptors (Lipinski definition) is 5. The summed E-state index contributed by atoms with van der Waals surface area (Å²) in [7, 11) is 0. The highest BCUT2D eigenvalue weighted by Crippen LogP contribution is 2.30. The van der Waals surface area contributed by atoms with Crippen molar-refractivity contribution < 1.29 is 13.6 Å². The molecule has 0 saturated carbocycles. The minimum Gasteiger partial charge on any atom is -0.296 e. The monoisotopic (exact) mass is 375 g/mol. The first kappa shape index (κ1) is 16.8. The lowest BCUT2D eigenvalue weighted by molar-refractivity contribution is 0.117. The second-order valence-corrected chi connectivity index (χ2v) is 6.04. The van der Waals surface area contributed by atoms with E-state index >= 15 is 0 Å². The Morgan fingerprint density at radius 1 is 1.15 bits per heavy atom. The summed E-state index contributed by atoms with van der Waals surface area (Å²) in [6.45, 7) is 0.0887. The van der Waals surface area contributed by atoms with Gasteiger partial charge in [0.1, 0.15) is 24.8 Å². The summed E-state index contributed by atoms with van der Waals surface area (Å²) in [6.07, 6.45) is 0. The molecule has 0 fully saturated rings. The van der Waals surface area contributed by atoms with Gasteiger partial charge < -0.3 is 0 Å². The fourth-order valence-electron chi connectivity index (χ4n) is 2.97. The highest BCUT2D eigenvalue weighted by molar-refractivity contribution is 6.31. The first-order chi connectivity index (χ1) is 12.6. The molecule has 1 aliphatic heterocycles. The molecular weight excluding hydrogens is 364 g/mol. The minimum atomic E-state index is -0.710. The van der Waals surface area contributed by atoms with Crippen molar-refractivity contribution in [3.8, 4) is 5.69 Å². The first-order valence-electron chi connectivity index (χ1n) is 7.64. The molecule has 9 heteroatoms. The molecule has 1 aromatic heterocycles. The summed E-state index contributed by atoms with van der Waals surface area (Å²) in [4.78, 5) is 9.07. The van der Waals surface area contributed by atoms with Crippen LogP contribution in [0.2, 0.25) is 5.02 Å². The fraction of sp³-hybridized carbons (Fsp3) is 0.118. The van der Waals surface area contributed by atoms with Gasteiger partial charge in [-0.3, -0.25) is 14.4 Å². The van der Waals surface area contributed by atoms with Crippen molar-refractivity contribution in [3.63, 3.8) is 0 Å². The summed E-state index contributed by atoms with van der Waals surface area (Å²) >= 11 is 6.14. The van der Waals surface area contributed by atoms with Crippen molar-refractivity contribution in [2.75, 3.05) is 0 Å². The summed E-state index contributed by atoms with van der Waals surface area (Å²) in [5, 5.41) is 8.52. The molecule has 4 rings (SSSR count). The largest absolute Gasteiger partial charge is 0.296 e. The molecule has 26 heavy (non-hydrogen) atoms. The van der Waals surface area contributed by atoms with Crippen LogP contribution >= 0.6 is 11.6 Å². The van der Waals surface area contributed by atoms with E-state index in [1.54, 1.807) is 22.8 Å². The number of nitrogens with two attached hydrogens (primary N) is 1. The Balaban J connectivity index is 2.00. The van der Waals surface area contributed by atoms with Gasteiger partial charge in [0, 0.05) is 10.6 Å². The van der Waals surface area contributed by atoms with Gasteiger partial charge in [-0.1, -0.05) is 17.7 Å². The van der Waals surface area contributed by atoms with Crippen LogP contribution in [0, 0.1) is 11.6 Å². The standard InChI is InChI=1S/C17H12ClF2N5O/c18-9-4-5-13-10(6-9)17(16-11(19)2-1-3-12(16)20)22-7-14-23-24-15(8-26-21)25(13)14/h1-6H,7-8,21H2. The minimum absolute atomic E-state index is 0.0124. The van der Waals surface area contributed by atoms with Gasteiger partial charge in [0.15, 0.2) is 11.6 Å². The van der Waals surface area contributed by atoms with Crippen LogP contribution in [0.1, 0.15) is 22.8 Å². The molecule has 0 aliphatic carbocycles. The Morgan fingerprint density at radius 2 is 1.92 bits per heavy atom. The first-order valence-corrected chi connectivity index (χ1v) is 8.02. The van der Waals surface area contributed by atoms with Gasteiger partial charge in [-0.15, -0.1) is 10.2 Å². The maximum absolute atomic E-state index is 14.4. The van der Waals surface area contributed by atoms with E-state index in [4.69, 9.17) is 17.5 Å². The highest BCUT2D eigenvalue weighted by Gasteiger charge is 2.26. The van der Waals surface area contributed by atoms with Crippen LogP contribution in [-0.2, 0) is 18.0 Å². The van der Waals surface area contributed by atoms with Gasteiger partial charge >= 0.3 is 0 Å². The van der Waals surface area contributed by atoms with Crippen LogP contribution in [0.25, 0.3) is 5.69 Å². The number of aromatic nitrogens is 3. The number of nitrogens with zero attached hydrogens (tertiary/aromatic N) is 4. The van der Waals surface area contributed by atoms with Crippen LogP contribution < -0.4 is 5.90 Å². The number of aliphatic imine (C=N–C) groups is 1. The van der Waals surface area contributed by atoms with E-state index in [9.17, 15) is 8.78 Å². The summed E-state index contributed by atoms with van der Waals surface area (Å²) in [6, 6.07) is 8.65. The van der Waals surface area contributed by atoms with Crippen LogP contribution in [0.15, 0.2) is 41.4 Å². The molecule has 0 radical (unpaired) electrons. The summed E-state index contributed by atoms with van der Waals surface area (Å²) in [5.41, 5.74) is 0.980. The number of fused-ring (bicyclic) bond motifs is 3. The van der Waals surface area contributed by atoms with Crippen molar-refractivity contribution in [2.45, 2.75) is 13.2 Å². The van der Waals surface area contributed by atoms with Crippen molar-refractivity contribution in [2.24, 2.45) is 10.9 Å². The normalized spacial score (nSPS) is 13.0. The molecule has 2 N–H and O–H groups in total. The maximum Gasteiger partial charge on any atom is 0.165 e. The van der Waals surface area contributed by atoms with Crippen LogP contribution in [0.3, 0.4) is 0 Å². The molecule has 132 valence electrons. The van der Waals surface area contributed by atoms with Gasteiger partial charge in [-0.05, 0) is 30.3 Å². The third-order valence-corrected chi connectivity index (χ3v) is 4.28. The molecule has 0 unspecified atom stereocenters. The number of rotatable bonds is 3. The van der Waals surface area contributed by atoms with E-state index in [-0.39, 0.29) is 24.4 Å². The van der Waals surface area contributed by atoms with Gasteiger partial charge in [0.2, 0.25) is 0 Å². The van der Waals surface area contributed by atoms with E-state index in [1.807, 2.05) is 0 Å². The molecule has 6 nitrogen and oxygen atoms in total. The predicted octanol–water partition coefficient (Wildman–Crippen LogP) is 2.94. The maximum atomic E-state index is 14.4. The zero-order valence-corrected chi connectivity index (χ0v) is 14.0. The second-order valence-electron chi connectivity index (χ2n) is 5.60. The molecular formula is C17H12ClF2N5O. The molecule has 1 aliphatic rings. The lowest BCUT2D eigenvalue weighted by Gasteiger charge is -2.14.